The molecule has 25 heavy (non-hydrogen) atoms. The van der Waals surface area contributed by atoms with Gasteiger partial charge in [-0.15, -0.1) is 0 Å². The lowest BCUT2D eigenvalue weighted by molar-refractivity contribution is -0.116. The molecule has 0 unspecified atom stereocenters. The van der Waals surface area contributed by atoms with Crippen LogP contribution in [-0.4, -0.2) is 31.1 Å². The van der Waals surface area contributed by atoms with Crippen LogP contribution in [-0.2, 0) is 14.8 Å². The van der Waals surface area contributed by atoms with Gasteiger partial charge in [0.15, 0.2) is 0 Å². The predicted octanol–water partition coefficient (Wildman–Crippen LogP) is 2.01. The van der Waals surface area contributed by atoms with Gasteiger partial charge in [0.05, 0.1) is 16.6 Å². The zero-order chi connectivity index (χ0) is 17.9. The number of sulfonamides is 1. The van der Waals surface area contributed by atoms with E-state index in [2.05, 4.69) is 20.2 Å². The summed E-state index contributed by atoms with van der Waals surface area (Å²) in [6.45, 7) is -0.0699. The Morgan fingerprint density at radius 2 is 1.92 bits per heavy atom. The highest BCUT2D eigenvalue weighted by atomic mass is 32.2. The number of anilines is 1. The maximum absolute atomic E-state index is 12.8. The molecule has 0 aliphatic heterocycles. The van der Waals surface area contributed by atoms with E-state index in [-0.39, 0.29) is 23.8 Å². The molecule has 0 bridgehead atoms. The largest absolute Gasteiger partial charge is 0.326 e. The quantitative estimate of drug-likeness (QED) is 0.624. The minimum Gasteiger partial charge on any atom is -0.326 e. The molecular weight excluding hydrogens is 347 g/mol. The number of carbonyl (C=O) groups excluding carboxylic acids is 1. The smallest absolute Gasteiger partial charge is 0.240 e. The standard InChI is InChI=1S/C16H15FN4O3S/c17-12-1-4-14(5-2-12)25(23,24)19-8-7-16(22)20-13-3-6-15-11(9-13)10-18-21-15/h1-6,9-10,19H,7-8H2,(H,18,21)(H,20,22). The minimum absolute atomic E-state index is 0.0378. The Morgan fingerprint density at radius 1 is 1.16 bits per heavy atom. The third kappa shape index (κ3) is 4.20. The minimum atomic E-state index is -3.78. The number of nitrogens with one attached hydrogen (secondary N) is 3. The lowest BCUT2D eigenvalue weighted by Gasteiger charge is -2.08. The molecule has 0 fully saturated rings. The Hall–Kier alpha value is -2.78. The van der Waals surface area contributed by atoms with E-state index in [0.29, 0.717) is 5.69 Å². The van der Waals surface area contributed by atoms with Crippen molar-refractivity contribution in [2.75, 3.05) is 11.9 Å². The Bertz CT molecular complexity index is 1000. The second kappa shape index (κ2) is 6.99. The van der Waals surface area contributed by atoms with Crippen LogP contribution in [0.1, 0.15) is 6.42 Å². The molecule has 7 nitrogen and oxygen atoms in total. The molecule has 3 N–H and O–H groups in total. The number of carbonyl (C=O) groups is 1. The number of hydrogen-bond acceptors (Lipinski definition) is 4. The van der Waals surface area contributed by atoms with Crippen LogP contribution in [0.25, 0.3) is 10.9 Å². The van der Waals surface area contributed by atoms with Crippen molar-refractivity contribution in [2.24, 2.45) is 0 Å². The molecule has 0 saturated heterocycles. The number of amides is 1. The fraction of sp³-hybridized carbons (Fsp3) is 0.125. The highest BCUT2D eigenvalue weighted by Crippen LogP contribution is 2.16. The van der Waals surface area contributed by atoms with Crippen LogP contribution in [0.15, 0.2) is 53.6 Å². The van der Waals surface area contributed by atoms with Crippen molar-refractivity contribution in [3.8, 4) is 0 Å². The highest BCUT2D eigenvalue weighted by molar-refractivity contribution is 7.89. The summed E-state index contributed by atoms with van der Waals surface area (Å²) in [6, 6.07) is 9.73. The van der Waals surface area contributed by atoms with Crippen LogP contribution in [0, 0.1) is 5.82 Å². The van der Waals surface area contributed by atoms with E-state index in [9.17, 15) is 17.6 Å². The molecular formula is C16H15FN4O3S. The van der Waals surface area contributed by atoms with Gasteiger partial charge < -0.3 is 5.32 Å². The van der Waals surface area contributed by atoms with Crippen molar-refractivity contribution in [3.05, 3.63) is 54.5 Å². The number of halogens is 1. The van der Waals surface area contributed by atoms with Crippen LogP contribution in [0.2, 0.25) is 0 Å². The number of hydrogen-bond donors (Lipinski definition) is 3. The Labute approximate surface area is 143 Å². The van der Waals surface area contributed by atoms with Crippen LogP contribution in [0.5, 0.6) is 0 Å². The van der Waals surface area contributed by atoms with Gasteiger partial charge in [-0.1, -0.05) is 0 Å². The van der Waals surface area contributed by atoms with Crippen LogP contribution >= 0.6 is 0 Å². The Morgan fingerprint density at radius 3 is 2.68 bits per heavy atom. The van der Waals surface area contributed by atoms with E-state index in [0.717, 1.165) is 35.2 Å². The SMILES string of the molecule is O=C(CCNS(=O)(=O)c1ccc(F)cc1)Nc1ccc2[nH]ncc2c1. The van der Waals surface area contributed by atoms with Crippen molar-refractivity contribution >= 4 is 32.5 Å². The van der Waals surface area contributed by atoms with E-state index in [1.807, 2.05) is 0 Å². The van der Waals surface area contributed by atoms with Gasteiger partial charge in [-0.2, -0.15) is 5.10 Å². The van der Waals surface area contributed by atoms with Gasteiger partial charge >= 0.3 is 0 Å². The number of rotatable bonds is 6. The first-order valence-electron chi connectivity index (χ1n) is 7.42. The zero-order valence-corrected chi connectivity index (χ0v) is 13.8. The van der Waals surface area contributed by atoms with Gasteiger partial charge in [0.2, 0.25) is 15.9 Å². The molecule has 130 valence electrons. The summed E-state index contributed by atoms with van der Waals surface area (Å²) >= 11 is 0. The summed E-state index contributed by atoms with van der Waals surface area (Å²) in [5.74, 6) is -0.849. The molecule has 9 heteroatoms. The lowest BCUT2D eigenvalue weighted by atomic mass is 10.2. The highest BCUT2D eigenvalue weighted by Gasteiger charge is 2.14. The van der Waals surface area contributed by atoms with Crippen LogP contribution in [0.4, 0.5) is 10.1 Å². The van der Waals surface area contributed by atoms with Crippen LogP contribution < -0.4 is 10.0 Å². The maximum atomic E-state index is 12.8. The first kappa shape index (κ1) is 17.1. The van der Waals surface area contributed by atoms with Crippen molar-refractivity contribution in [3.63, 3.8) is 0 Å². The molecule has 0 radical (unpaired) electrons. The Balaban J connectivity index is 1.54. The lowest BCUT2D eigenvalue weighted by Crippen LogP contribution is -2.27. The molecule has 1 aromatic heterocycles. The van der Waals surface area contributed by atoms with E-state index < -0.39 is 15.8 Å². The summed E-state index contributed by atoms with van der Waals surface area (Å²) in [5.41, 5.74) is 1.45. The molecule has 3 rings (SSSR count). The van der Waals surface area contributed by atoms with E-state index in [1.165, 1.54) is 0 Å². The summed E-state index contributed by atoms with van der Waals surface area (Å²) in [6.07, 6.45) is 1.60. The molecule has 1 amide bonds. The summed E-state index contributed by atoms with van der Waals surface area (Å²) in [4.78, 5) is 11.9. The number of aromatic nitrogens is 2. The van der Waals surface area contributed by atoms with E-state index in [4.69, 9.17) is 0 Å². The summed E-state index contributed by atoms with van der Waals surface area (Å²) in [7, 11) is -3.78. The van der Waals surface area contributed by atoms with E-state index in [1.54, 1.807) is 24.4 Å². The first-order chi connectivity index (χ1) is 11.9. The number of nitrogens with zero attached hydrogens (tertiary/aromatic N) is 1. The molecule has 1 heterocycles. The van der Waals surface area contributed by atoms with Crippen molar-refractivity contribution in [2.45, 2.75) is 11.3 Å². The summed E-state index contributed by atoms with van der Waals surface area (Å²) in [5, 5.41) is 10.3. The van der Waals surface area contributed by atoms with Crippen molar-refractivity contribution < 1.29 is 17.6 Å². The predicted molar refractivity (Wildman–Crippen MR) is 90.9 cm³/mol. The number of fused-ring (bicyclic) bond motifs is 1. The second-order valence-electron chi connectivity index (χ2n) is 5.32. The molecule has 0 aliphatic carbocycles. The molecule has 0 spiro atoms. The van der Waals surface area contributed by atoms with Crippen molar-refractivity contribution in [1.29, 1.82) is 0 Å². The van der Waals surface area contributed by atoms with Gasteiger partial charge in [-0.05, 0) is 42.5 Å². The molecule has 0 atom stereocenters. The molecule has 0 saturated carbocycles. The molecule has 2 aromatic carbocycles. The molecule has 3 aromatic rings. The van der Waals surface area contributed by atoms with Crippen molar-refractivity contribution in [1.82, 2.24) is 14.9 Å². The average molecular weight is 362 g/mol. The van der Waals surface area contributed by atoms with Gasteiger partial charge in [0.25, 0.3) is 0 Å². The first-order valence-corrected chi connectivity index (χ1v) is 8.90. The van der Waals surface area contributed by atoms with Gasteiger partial charge in [0, 0.05) is 24.0 Å². The normalized spacial score (nSPS) is 11.6. The zero-order valence-electron chi connectivity index (χ0n) is 13.0. The fourth-order valence-corrected chi connectivity index (χ4v) is 3.27. The number of H-pyrrole nitrogens is 1. The summed E-state index contributed by atoms with van der Waals surface area (Å²) < 4.78 is 39.2. The topological polar surface area (TPSA) is 104 Å². The van der Waals surface area contributed by atoms with Crippen LogP contribution in [0.3, 0.4) is 0 Å². The van der Waals surface area contributed by atoms with Gasteiger partial charge in [0.1, 0.15) is 5.82 Å². The van der Waals surface area contributed by atoms with E-state index >= 15 is 0 Å². The fourth-order valence-electron chi connectivity index (χ4n) is 2.24. The number of benzene rings is 2. The van der Waals surface area contributed by atoms with Gasteiger partial charge in [-0.25, -0.2) is 17.5 Å². The number of aromatic amines is 1. The maximum Gasteiger partial charge on any atom is 0.240 e. The Kier molecular flexibility index (Phi) is 4.77. The third-order valence-electron chi connectivity index (χ3n) is 3.49. The third-order valence-corrected chi connectivity index (χ3v) is 4.97. The monoisotopic (exact) mass is 362 g/mol. The average Bonchev–Trinajstić information content (AvgIpc) is 3.02. The molecule has 0 aliphatic rings. The van der Waals surface area contributed by atoms with Gasteiger partial charge in [-0.3, -0.25) is 9.89 Å². The second-order valence-corrected chi connectivity index (χ2v) is 7.09.